The lowest BCUT2D eigenvalue weighted by Crippen LogP contribution is -2.42. The minimum Gasteiger partial charge on any atom is -0.497 e. The Labute approximate surface area is 190 Å². The summed E-state index contributed by atoms with van der Waals surface area (Å²) in [4.78, 5) is 2.84. The van der Waals surface area contributed by atoms with Crippen molar-refractivity contribution in [2.24, 2.45) is 5.92 Å². The fraction of sp³-hybridized carbons (Fsp3) is 0.308. The number of aryl methyl sites for hydroxylation is 1. The first-order valence-electron chi connectivity index (χ1n) is 11.0. The average Bonchev–Trinajstić information content (AvgIpc) is 3.22. The van der Waals surface area contributed by atoms with E-state index in [1.54, 1.807) is 23.5 Å². The first kappa shape index (κ1) is 21.0. The number of anilines is 1. The van der Waals surface area contributed by atoms with Crippen LogP contribution in [0.3, 0.4) is 0 Å². The Morgan fingerprint density at radius 1 is 0.969 bits per heavy atom. The van der Waals surface area contributed by atoms with Gasteiger partial charge in [-0.05, 0) is 67.3 Å². The second-order valence-corrected chi connectivity index (χ2v) is 10.6. The second kappa shape index (κ2) is 8.26. The van der Waals surface area contributed by atoms with Crippen LogP contribution in [-0.2, 0) is 16.6 Å². The molecule has 2 atom stereocenters. The van der Waals surface area contributed by atoms with Crippen molar-refractivity contribution >= 4 is 15.7 Å². The van der Waals surface area contributed by atoms with E-state index in [9.17, 15) is 8.42 Å². The summed E-state index contributed by atoms with van der Waals surface area (Å²) in [5.74, 6) is 1.12. The summed E-state index contributed by atoms with van der Waals surface area (Å²) >= 11 is 0. The molecule has 0 N–H and O–H groups in total. The van der Waals surface area contributed by atoms with Crippen LogP contribution < -0.4 is 9.04 Å². The number of nitrogens with zero attached hydrogens (tertiary/aromatic N) is 2. The van der Waals surface area contributed by atoms with E-state index in [-0.39, 0.29) is 12.0 Å². The zero-order valence-corrected chi connectivity index (χ0v) is 19.3. The normalized spacial score (nSPS) is 20.6. The number of methoxy groups -OCH3 is 1. The van der Waals surface area contributed by atoms with Gasteiger partial charge in [0.2, 0.25) is 0 Å². The van der Waals surface area contributed by atoms with Gasteiger partial charge in [-0.1, -0.05) is 48.0 Å². The Hall–Kier alpha value is -2.83. The maximum atomic E-state index is 13.6. The van der Waals surface area contributed by atoms with Crippen LogP contribution in [-0.4, -0.2) is 33.5 Å². The molecule has 2 aliphatic rings. The average molecular weight is 449 g/mol. The molecule has 32 heavy (non-hydrogen) atoms. The Morgan fingerprint density at radius 2 is 1.69 bits per heavy atom. The maximum Gasteiger partial charge on any atom is 0.264 e. The Kier molecular flexibility index (Phi) is 5.43. The van der Waals surface area contributed by atoms with Gasteiger partial charge >= 0.3 is 0 Å². The molecule has 3 aromatic carbocycles. The molecular weight excluding hydrogens is 420 g/mol. The number of benzene rings is 3. The van der Waals surface area contributed by atoms with Crippen molar-refractivity contribution in [3.05, 3.63) is 89.5 Å². The van der Waals surface area contributed by atoms with Crippen LogP contribution in [0.1, 0.15) is 29.2 Å². The minimum atomic E-state index is -3.61. The van der Waals surface area contributed by atoms with E-state index in [1.165, 1.54) is 5.56 Å². The van der Waals surface area contributed by atoms with Crippen molar-refractivity contribution in [2.45, 2.75) is 30.8 Å². The molecule has 2 heterocycles. The van der Waals surface area contributed by atoms with E-state index in [1.807, 2.05) is 49.4 Å². The number of likely N-dealkylation sites (tertiary alicyclic amines) is 1. The Bertz CT molecular complexity index is 1210. The van der Waals surface area contributed by atoms with Crippen molar-refractivity contribution in [1.29, 1.82) is 0 Å². The lowest BCUT2D eigenvalue weighted by molar-refractivity contribution is 0.218. The Morgan fingerprint density at radius 3 is 2.41 bits per heavy atom. The van der Waals surface area contributed by atoms with Crippen molar-refractivity contribution in [1.82, 2.24) is 4.90 Å². The van der Waals surface area contributed by atoms with Crippen LogP contribution >= 0.6 is 0 Å². The van der Waals surface area contributed by atoms with Gasteiger partial charge in [0.1, 0.15) is 5.75 Å². The summed E-state index contributed by atoms with van der Waals surface area (Å²) < 4.78 is 34.1. The van der Waals surface area contributed by atoms with E-state index in [2.05, 4.69) is 23.1 Å². The van der Waals surface area contributed by atoms with E-state index >= 15 is 0 Å². The third kappa shape index (κ3) is 3.67. The molecule has 5 nitrogen and oxygen atoms in total. The minimum absolute atomic E-state index is 0.220. The van der Waals surface area contributed by atoms with Crippen LogP contribution in [0.2, 0.25) is 0 Å². The van der Waals surface area contributed by atoms with Gasteiger partial charge < -0.3 is 4.74 Å². The molecule has 2 aliphatic heterocycles. The molecule has 0 radical (unpaired) electrons. The number of sulfonamides is 1. The van der Waals surface area contributed by atoms with Crippen LogP contribution in [0.25, 0.3) is 0 Å². The van der Waals surface area contributed by atoms with Crippen LogP contribution in [0.15, 0.2) is 77.7 Å². The summed E-state index contributed by atoms with van der Waals surface area (Å²) in [5, 5.41) is 0. The predicted octanol–water partition coefficient (Wildman–Crippen LogP) is 4.78. The number of fused-ring (bicyclic) bond motifs is 3. The van der Waals surface area contributed by atoms with Crippen molar-refractivity contribution < 1.29 is 13.2 Å². The number of rotatable bonds is 5. The van der Waals surface area contributed by atoms with E-state index < -0.39 is 10.0 Å². The third-order valence-electron chi connectivity index (χ3n) is 6.71. The van der Waals surface area contributed by atoms with Crippen LogP contribution in [0.5, 0.6) is 5.75 Å². The standard InChI is InChI=1S/C26H28N2O3S/c1-19-7-13-23(14-8-19)32(29,30)28-18-21-15-16-27(17-20-9-11-22(31-2)12-10-20)26(21)24-5-3-4-6-25(24)28/h3-14,21,26H,15-18H2,1-2H3/t21-,26-/m1/s1. The van der Waals surface area contributed by atoms with Gasteiger partial charge in [0, 0.05) is 19.1 Å². The first-order valence-corrected chi connectivity index (χ1v) is 12.5. The highest BCUT2D eigenvalue weighted by Gasteiger charge is 2.44. The van der Waals surface area contributed by atoms with Crippen molar-refractivity contribution in [3.8, 4) is 5.75 Å². The molecule has 1 saturated heterocycles. The lowest BCUT2D eigenvalue weighted by Gasteiger charge is -2.40. The fourth-order valence-corrected chi connectivity index (χ4v) is 6.60. The molecule has 3 aromatic rings. The highest BCUT2D eigenvalue weighted by molar-refractivity contribution is 7.92. The van der Waals surface area contributed by atoms with Gasteiger partial charge in [-0.2, -0.15) is 0 Å². The van der Waals surface area contributed by atoms with Crippen LogP contribution in [0, 0.1) is 12.8 Å². The molecule has 0 unspecified atom stereocenters. The predicted molar refractivity (Wildman–Crippen MR) is 126 cm³/mol. The molecule has 0 saturated carbocycles. The fourth-order valence-electron chi connectivity index (χ4n) is 5.05. The highest BCUT2D eigenvalue weighted by atomic mass is 32.2. The van der Waals surface area contributed by atoms with E-state index in [0.717, 1.165) is 42.1 Å². The topological polar surface area (TPSA) is 49.9 Å². The highest BCUT2D eigenvalue weighted by Crippen LogP contribution is 2.47. The van der Waals surface area contributed by atoms with Crippen LogP contribution in [0.4, 0.5) is 5.69 Å². The number of hydrogen-bond acceptors (Lipinski definition) is 4. The number of para-hydroxylation sites is 1. The molecule has 0 aliphatic carbocycles. The molecular formula is C26H28N2O3S. The smallest absolute Gasteiger partial charge is 0.264 e. The monoisotopic (exact) mass is 448 g/mol. The number of hydrogen-bond donors (Lipinski definition) is 0. The quantitative estimate of drug-likeness (QED) is 0.564. The summed E-state index contributed by atoms with van der Waals surface area (Å²) in [6.07, 6.45) is 0.981. The molecule has 0 spiro atoms. The summed E-state index contributed by atoms with van der Waals surface area (Å²) in [7, 11) is -1.94. The molecule has 166 valence electrons. The van der Waals surface area contributed by atoms with Gasteiger partial charge in [-0.25, -0.2) is 8.42 Å². The summed E-state index contributed by atoms with van der Waals surface area (Å²) in [6.45, 7) is 4.27. The molecule has 1 fully saturated rings. The van der Waals surface area contributed by atoms with E-state index in [0.29, 0.717) is 11.4 Å². The first-order chi connectivity index (χ1) is 15.5. The maximum absolute atomic E-state index is 13.6. The van der Waals surface area contributed by atoms with Gasteiger partial charge in [-0.15, -0.1) is 0 Å². The summed E-state index contributed by atoms with van der Waals surface area (Å²) in [5.41, 5.74) is 4.19. The van der Waals surface area contributed by atoms with Crippen molar-refractivity contribution in [2.75, 3.05) is 24.5 Å². The van der Waals surface area contributed by atoms with Gasteiger partial charge in [0.25, 0.3) is 10.0 Å². The van der Waals surface area contributed by atoms with Crippen molar-refractivity contribution in [3.63, 3.8) is 0 Å². The molecule has 0 amide bonds. The van der Waals surface area contributed by atoms with Gasteiger partial charge in [-0.3, -0.25) is 9.21 Å². The van der Waals surface area contributed by atoms with E-state index in [4.69, 9.17) is 4.74 Å². The third-order valence-corrected chi connectivity index (χ3v) is 8.50. The van der Waals surface area contributed by atoms with Gasteiger partial charge in [0.05, 0.1) is 17.7 Å². The SMILES string of the molecule is COc1ccc(CN2CC[C@@H]3CN(S(=O)(=O)c4ccc(C)cc4)c4ccccc4[C@@H]32)cc1. The molecule has 0 bridgehead atoms. The number of ether oxygens (including phenoxy) is 1. The molecule has 5 rings (SSSR count). The largest absolute Gasteiger partial charge is 0.497 e. The van der Waals surface area contributed by atoms with Gasteiger partial charge in [0.15, 0.2) is 0 Å². The summed E-state index contributed by atoms with van der Waals surface area (Å²) in [6, 6.07) is 23.5. The lowest BCUT2D eigenvalue weighted by atomic mass is 9.89. The molecule has 0 aromatic heterocycles. The molecule has 6 heteroatoms. The Balaban J connectivity index is 1.48. The second-order valence-electron chi connectivity index (χ2n) is 8.72. The zero-order valence-electron chi connectivity index (χ0n) is 18.4. The zero-order chi connectivity index (χ0) is 22.3.